The van der Waals surface area contributed by atoms with Crippen LogP contribution in [-0.4, -0.2) is 46.3 Å². The largest absolute Gasteiger partial charge is 0.497 e. The van der Waals surface area contributed by atoms with Crippen molar-refractivity contribution >= 4 is 17.7 Å². The number of hydrogen-bond acceptors (Lipinski definition) is 4. The van der Waals surface area contributed by atoms with Crippen LogP contribution in [0.3, 0.4) is 0 Å². The Morgan fingerprint density at radius 2 is 2.13 bits per heavy atom. The fraction of sp³-hybridized carbons (Fsp3) is 0.412. The van der Waals surface area contributed by atoms with Crippen LogP contribution in [0, 0.1) is 0 Å². The summed E-state index contributed by atoms with van der Waals surface area (Å²) in [5.74, 6) is 1.44. The van der Waals surface area contributed by atoms with Crippen molar-refractivity contribution < 1.29 is 9.53 Å². The number of likely N-dealkylation sites (tertiary alicyclic amines) is 1. The Kier molecular flexibility index (Phi) is 5.23. The van der Waals surface area contributed by atoms with E-state index in [0.29, 0.717) is 5.75 Å². The van der Waals surface area contributed by atoms with Crippen LogP contribution in [0.2, 0.25) is 0 Å². The average molecular weight is 331 g/mol. The van der Waals surface area contributed by atoms with E-state index >= 15 is 0 Å². The molecule has 3 rings (SSSR count). The van der Waals surface area contributed by atoms with E-state index in [2.05, 4.69) is 4.98 Å². The first-order valence-corrected chi connectivity index (χ1v) is 8.85. The minimum atomic E-state index is 0.204. The highest BCUT2D eigenvalue weighted by atomic mass is 32.2. The van der Waals surface area contributed by atoms with Crippen LogP contribution in [0.5, 0.6) is 5.75 Å². The number of nitrogens with zero attached hydrogens (tertiary/aromatic N) is 3. The number of piperidine rings is 1. The van der Waals surface area contributed by atoms with Crippen LogP contribution in [0.15, 0.2) is 41.8 Å². The van der Waals surface area contributed by atoms with Gasteiger partial charge in [0.1, 0.15) is 5.75 Å². The molecule has 23 heavy (non-hydrogen) atoms. The van der Waals surface area contributed by atoms with Gasteiger partial charge in [0.15, 0.2) is 5.16 Å². The Hall–Kier alpha value is -1.95. The summed E-state index contributed by atoms with van der Waals surface area (Å²) in [6, 6.07) is 7.81. The number of aromatic nitrogens is 2. The molecular weight excluding hydrogens is 310 g/mol. The lowest BCUT2D eigenvalue weighted by molar-refractivity contribution is -0.129. The number of benzene rings is 1. The summed E-state index contributed by atoms with van der Waals surface area (Å²) < 4.78 is 7.25. The van der Waals surface area contributed by atoms with E-state index in [0.717, 1.165) is 42.5 Å². The van der Waals surface area contributed by atoms with Crippen LogP contribution in [-0.2, 0) is 4.79 Å². The standard InChI is InChI=1S/C17H21N3O2S/c1-22-15-7-5-6-14(12-15)20-11-8-18-17(20)23-13-16(21)19-9-3-2-4-10-19/h5-8,11-12H,2-4,9-10,13H2,1H3. The fourth-order valence-corrected chi connectivity index (χ4v) is 3.59. The maximum absolute atomic E-state index is 12.3. The Morgan fingerprint density at radius 3 is 2.91 bits per heavy atom. The fourth-order valence-electron chi connectivity index (χ4n) is 2.71. The average Bonchev–Trinajstić information content (AvgIpc) is 3.09. The maximum atomic E-state index is 12.3. The molecule has 6 heteroatoms. The number of rotatable bonds is 5. The van der Waals surface area contributed by atoms with Gasteiger partial charge in [-0.1, -0.05) is 17.8 Å². The van der Waals surface area contributed by atoms with Crippen LogP contribution in [0.1, 0.15) is 19.3 Å². The smallest absolute Gasteiger partial charge is 0.233 e. The molecule has 0 spiro atoms. The van der Waals surface area contributed by atoms with Crippen LogP contribution < -0.4 is 4.74 Å². The van der Waals surface area contributed by atoms with Gasteiger partial charge in [0.2, 0.25) is 5.91 Å². The zero-order valence-electron chi connectivity index (χ0n) is 13.3. The SMILES string of the molecule is COc1cccc(-n2ccnc2SCC(=O)N2CCCCC2)c1. The molecule has 0 bridgehead atoms. The summed E-state index contributed by atoms with van der Waals surface area (Å²) in [6.07, 6.45) is 7.14. The van der Waals surface area contributed by atoms with Crippen molar-refractivity contribution in [3.05, 3.63) is 36.7 Å². The third-order valence-corrected chi connectivity index (χ3v) is 4.92. The number of amides is 1. The molecule has 0 unspecified atom stereocenters. The van der Waals surface area contributed by atoms with E-state index in [1.807, 2.05) is 39.9 Å². The molecule has 1 aromatic heterocycles. The van der Waals surface area contributed by atoms with Crippen LogP contribution >= 0.6 is 11.8 Å². The molecular formula is C17H21N3O2S. The van der Waals surface area contributed by atoms with Gasteiger partial charge in [-0.3, -0.25) is 9.36 Å². The Labute approximate surface area is 140 Å². The second-order valence-corrected chi connectivity index (χ2v) is 6.45. The number of thioether (sulfide) groups is 1. The van der Waals surface area contributed by atoms with E-state index in [1.165, 1.54) is 18.2 Å². The van der Waals surface area contributed by atoms with E-state index in [4.69, 9.17) is 4.74 Å². The minimum Gasteiger partial charge on any atom is -0.497 e. The molecule has 1 aromatic carbocycles. The van der Waals surface area contributed by atoms with Crippen molar-refractivity contribution in [3.63, 3.8) is 0 Å². The van der Waals surface area contributed by atoms with Crippen molar-refractivity contribution in [2.24, 2.45) is 0 Å². The number of ether oxygens (including phenoxy) is 1. The molecule has 1 saturated heterocycles. The Bertz CT molecular complexity index is 665. The summed E-state index contributed by atoms with van der Waals surface area (Å²) in [5, 5.41) is 0.823. The van der Waals surface area contributed by atoms with E-state index < -0.39 is 0 Å². The quantitative estimate of drug-likeness (QED) is 0.790. The minimum absolute atomic E-state index is 0.204. The first-order valence-electron chi connectivity index (χ1n) is 7.86. The summed E-state index contributed by atoms with van der Waals surface area (Å²) in [5.41, 5.74) is 0.981. The predicted molar refractivity (Wildman–Crippen MR) is 91.3 cm³/mol. The third kappa shape index (κ3) is 3.88. The summed E-state index contributed by atoms with van der Waals surface area (Å²) in [7, 11) is 1.65. The number of hydrogen-bond donors (Lipinski definition) is 0. The number of imidazole rings is 1. The van der Waals surface area contributed by atoms with Crippen molar-refractivity contribution in [2.75, 3.05) is 26.0 Å². The molecule has 0 N–H and O–H groups in total. The lowest BCUT2D eigenvalue weighted by Gasteiger charge is -2.26. The van der Waals surface area contributed by atoms with Crippen molar-refractivity contribution in [1.82, 2.24) is 14.5 Å². The molecule has 0 saturated carbocycles. The van der Waals surface area contributed by atoms with Gasteiger partial charge in [0, 0.05) is 31.5 Å². The first kappa shape index (κ1) is 15.9. The van der Waals surface area contributed by atoms with Crippen molar-refractivity contribution in [3.8, 4) is 11.4 Å². The third-order valence-electron chi connectivity index (χ3n) is 3.97. The highest BCUT2D eigenvalue weighted by Crippen LogP contribution is 2.23. The van der Waals surface area contributed by atoms with Gasteiger partial charge in [-0.05, 0) is 31.4 Å². The second kappa shape index (κ2) is 7.55. The lowest BCUT2D eigenvalue weighted by Crippen LogP contribution is -2.36. The van der Waals surface area contributed by atoms with E-state index in [-0.39, 0.29) is 5.91 Å². The number of carbonyl (C=O) groups is 1. The molecule has 0 atom stereocenters. The zero-order valence-corrected chi connectivity index (χ0v) is 14.1. The summed E-state index contributed by atoms with van der Waals surface area (Å²) in [6.45, 7) is 1.79. The van der Waals surface area contributed by atoms with Gasteiger partial charge < -0.3 is 9.64 Å². The van der Waals surface area contributed by atoms with Crippen LogP contribution in [0.25, 0.3) is 5.69 Å². The van der Waals surface area contributed by atoms with Gasteiger partial charge in [0.05, 0.1) is 18.6 Å². The zero-order chi connectivity index (χ0) is 16.1. The molecule has 2 heterocycles. The molecule has 2 aromatic rings. The van der Waals surface area contributed by atoms with Gasteiger partial charge >= 0.3 is 0 Å². The van der Waals surface area contributed by atoms with Gasteiger partial charge in [0.25, 0.3) is 0 Å². The van der Waals surface area contributed by atoms with Crippen molar-refractivity contribution in [2.45, 2.75) is 24.4 Å². The van der Waals surface area contributed by atoms with Crippen molar-refractivity contribution in [1.29, 1.82) is 0 Å². The molecule has 1 amide bonds. The maximum Gasteiger partial charge on any atom is 0.233 e. The Morgan fingerprint density at radius 1 is 1.30 bits per heavy atom. The Balaban J connectivity index is 1.67. The normalized spacial score (nSPS) is 14.7. The molecule has 1 aliphatic rings. The van der Waals surface area contributed by atoms with Gasteiger partial charge in [-0.25, -0.2) is 4.98 Å². The monoisotopic (exact) mass is 331 g/mol. The molecule has 5 nitrogen and oxygen atoms in total. The van der Waals surface area contributed by atoms with E-state index in [9.17, 15) is 4.79 Å². The van der Waals surface area contributed by atoms with Gasteiger partial charge in [-0.15, -0.1) is 0 Å². The van der Waals surface area contributed by atoms with Crippen LogP contribution in [0.4, 0.5) is 0 Å². The van der Waals surface area contributed by atoms with Gasteiger partial charge in [-0.2, -0.15) is 0 Å². The highest BCUT2D eigenvalue weighted by molar-refractivity contribution is 7.99. The molecule has 1 aliphatic heterocycles. The number of carbonyl (C=O) groups excluding carboxylic acids is 1. The van der Waals surface area contributed by atoms with E-state index in [1.54, 1.807) is 13.3 Å². The predicted octanol–water partition coefficient (Wildman–Crippen LogP) is 2.99. The first-order chi connectivity index (χ1) is 11.3. The summed E-state index contributed by atoms with van der Waals surface area (Å²) >= 11 is 1.48. The molecule has 0 radical (unpaired) electrons. The number of methoxy groups -OCH3 is 1. The lowest BCUT2D eigenvalue weighted by atomic mass is 10.1. The summed E-state index contributed by atoms with van der Waals surface area (Å²) in [4.78, 5) is 18.6. The second-order valence-electron chi connectivity index (χ2n) is 5.51. The topological polar surface area (TPSA) is 47.4 Å². The molecule has 122 valence electrons. The molecule has 1 fully saturated rings. The highest BCUT2D eigenvalue weighted by Gasteiger charge is 2.17. The molecule has 0 aliphatic carbocycles.